The number of urea groups is 1. The molecular weight excluding hydrogens is 290 g/mol. The number of aryl methyl sites for hydroxylation is 1. The van der Waals surface area contributed by atoms with E-state index in [1.165, 1.54) is 18.4 Å². The summed E-state index contributed by atoms with van der Waals surface area (Å²) in [5.41, 5.74) is 1.89. The van der Waals surface area contributed by atoms with Gasteiger partial charge < -0.3 is 9.84 Å². The van der Waals surface area contributed by atoms with Crippen molar-refractivity contribution in [3.8, 4) is 0 Å². The third kappa shape index (κ3) is 5.13. The van der Waals surface area contributed by atoms with E-state index < -0.39 is 0 Å². The summed E-state index contributed by atoms with van der Waals surface area (Å²) in [4.78, 5) is 12.0. The number of hydrogen-bond acceptors (Lipinski definition) is 3. The van der Waals surface area contributed by atoms with E-state index >= 15 is 0 Å². The van der Waals surface area contributed by atoms with Crippen LogP contribution in [0, 0.1) is 0 Å². The lowest BCUT2D eigenvalue weighted by molar-refractivity contribution is 0.262. The van der Waals surface area contributed by atoms with Gasteiger partial charge in [0.25, 0.3) is 0 Å². The molecule has 0 spiro atoms. The SMILES string of the molecule is CCCCc1ccc(NC(=O)Nc2cc(C(C)(C)C)on2)cc1. The predicted molar refractivity (Wildman–Crippen MR) is 92.9 cm³/mol. The number of benzene rings is 1. The summed E-state index contributed by atoms with van der Waals surface area (Å²) in [5, 5.41) is 9.33. The van der Waals surface area contributed by atoms with Crippen molar-refractivity contribution in [2.45, 2.75) is 52.4 Å². The fourth-order valence-electron chi connectivity index (χ4n) is 2.10. The molecule has 1 aromatic carbocycles. The first-order valence-corrected chi connectivity index (χ1v) is 8.02. The first-order chi connectivity index (χ1) is 10.9. The van der Waals surface area contributed by atoms with Gasteiger partial charge in [0.2, 0.25) is 0 Å². The lowest BCUT2D eigenvalue weighted by Gasteiger charge is -2.12. The summed E-state index contributed by atoms with van der Waals surface area (Å²) >= 11 is 0. The molecule has 0 fully saturated rings. The Kier molecular flexibility index (Phi) is 5.42. The summed E-state index contributed by atoms with van der Waals surface area (Å²) in [5.74, 6) is 1.14. The molecule has 0 radical (unpaired) electrons. The number of carbonyl (C=O) groups is 1. The number of carbonyl (C=O) groups excluding carboxylic acids is 1. The number of aromatic nitrogens is 1. The van der Waals surface area contributed by atoms with Crippen LogP contribution in [0.3, 0.4) is 0 Å². The van der Waals surface area contributed by atoms with Crippen molar-refractivity contribution in [3.63, 3.8) is 0 Å². The van der Waals surface area contributed by atoms with Crippen LogP contribution in [0.4, 0.5) is 16.3 Å². The van der Waals surface area contributed by atoms with Crippen molar-refractivity contribution >= 4 is 17.5 Å². The third-order valence-electron chi connectivity index (χ3n) is 3.52. The molecule has 0 atom stereocenters. The molecule has 2 aromatic rings. The van der Waals surface area contributed by atoms with Gasteiger partial charge in [-0.15, -0.1) is 0 Å². The Labute approximate surface area is 137 Å². The summed E-state index contributed by atoms with van der Waals surface area (Å²) in [7, 11) is 0. The molecular formula is C18H25N3O2. The number of nitrogens with zero attached hydrogens (tertiary/aromatic N) is 1. The minimum atomic E-state index is -0.333. The van der Waals surface area contributed by atoms with E-state index in [4.69, 9.17) is 4.52 Å². The van der Waals surface area contributed by atoms with Crippen LogP contribution in [0.15, 0.2) is 34.9 Å². The molecule has 0 aliphatic carbocycles. The molecule has 0 saturated carbocycles. The highest BCUT2D eigenvalue weighted by atomic mass is 16.5. The van der Waals surface area contributed by atoms with Crippen LogP contribution in [-0.4, -0.2) is 11.2 Å². The highest BCUT2D eigenvalue weighted by molar-refractivity contribution is 5.99. The molecule has 5 heteroatoms. The molecule has 2 N–H and O–H groups in total. The van der Waals surface area contributed by atoms with Gasteiger partial charge in [-0.2, -0.15) is 0 Å². The number of hydrogen-bond donors (Lipinski definition) is 2. The fourth-order valence-corrected chi connectivity index (χ4v) is 2.10. The quantitative estimate of drug-likeness (QED) is 0.819. The highest BCUT2D eigenvalue weighted by Gasteiger charge is 2.20. The van der Waals surface area contributed by atoms with Crippen molar-refractivity contribution in [2.24, 2.45) is 0 Å². The second kappa shape index (κ2) is 7.31. The predicted octanol–water partition coefficient (Wildman–Crippen LogP) is 4.96. The van der Waals surface area contributed by atoms with E-state index in [2.05, 4.69) is 22.7 Å². The lowest BCUT2D eigenvalue weighted by atomic mass is 9.93. The lowest BCUT2D eigenvalue weighted by Crippen LogP contribution is -2.19. The molecule has 1 aromatic heterocycles. The molecule has 0 aliphatic heterocycles. The topological polar surface area (TPSA) is 67.2 Å². The minimum Gasteiger partial charge on any atom is -0.359 e. The van der Waals surface area contributed by atoms with Crippen LogP contribution in [0.25, 0.3) is 0 Å². The monoisotopic (exact) mass is 315 g/mol. The first-order valence-electron chi connectivity index (χ1n) is 8.02. The van der Waals surface area contributed by atoms with Crippen LogP contribution in [-0.2, 0) is 11.8 Å². The number of amides is 2. The van der Waals surface area contributed by atoms with Gasteiger partial charge in [-0.05, 0) is 30.5 Å². The molecule has 2 rings (SSSR count). The zero-order chi connectivity index (χ0) is 16.9. The maximum Gasteiger partial charge on any atom is 0.324 e. The van der Waals surface area contributed by atoms with Crippen molar-refractivity contribution in [3.05, 3.63) is 41.7 Å². The minimum absolute atomic E-state index is 0.141. The van der Waals surface area contributed by atoms with Gasteiger partial charge in [0.15, 0.2) is 5.82 Å². The number of unbranched alkanes of at least 4 members (excludes halogenated alkanes) is 1. The Morgan fingerprint density at radius 2 is 1.87 bits per heavy atom. The second-order valence-corrected chi connectivity index (χ2v) is 6.71. The van der Waals surface area contributed by atoms with Gasteiger partial charge in [-0.3, -0.25) is 5.32 Å². The van der Waals surface area contributed by atoms with Gasteiger partial charge in [0.1, 0.15) is 5.76 Å². The second-order valence-electron chi connectivity index (χ2n) is 6.71. The largest absolute Gasteiger partial charge is 0.359 e. The summed E-state index contributed by atoms with van der Waals surface area (Å²) in [6, 6.07) is 9.31. The molecule has 5 nitrogen and oxygen atoms in total. The Balaban J connectivity index is 1.90. The van der Waals surface area contributed by atoms with E-state index in [1.54, 1.807) is 6.07 Å². The van der Waals surface area contributed by atoms with E-state index in [-0.39, 0.29) is 11.4 Å². The van der Waals surface area contributed by atoms with E-state index in [0.717, 1.165) is 17.9 Å². The van der Waals surface area contributed by atoms with Crippen molar-refractivity contribution < 1.29 is 9.32 Å². The summed E-state index contributed by atoms with van der Waals surface area (Å²) in [6.07, 6.45) is 3.42. The fraction of sp³-hybridized carbons (Fsp3) is 0.444. The van der Waals surface area contributed by atoms with Crippen molar-refractivity contribution in [2.75, 3.05) is 10.6 Å². The Morgan fingerprint density at radius 3 is 2.43 bits per heavy atom. The zero-order valence-electron chi connectivity index (χ0n) is 14.3. The van der Waals surface area contributed by atoms with Crippen LogP contribution >= 0.6 is 0 Å². The van der Waals surface area contributed by atoms with Crippen molar-refractivity contribution in [1.82, 2.24) is 5.16 Å². The average Bonchev–Trinajstić information content (AvgIpc) is 2.95. The number of rotatable bonds is 5. The maximum atomic E-state index is 12.0. The standard InChI is InChI=1S/C18H25N3O2/c1-5-6-7-13-8-10-14(11-9-13)19-17(22)20-16-12-15(23-21-16)18(2,3)4/h8-12H,5-7H2,1-4H3,(H2,19,20,21,22). The van der Waals surface area contributed by atoms with E-state index in [0.29, 0.717) is 5.82 Å². The highest BCUT2D eigenvalue weighted by Crippen LogP contribution is 2.24. The van der Waals surface area contributed by atoms with E-state index in [9.17, 15) is 4.79 Å². The normalized spacial score (nSPS) is 11.3. The molecule has 0 saturated heterocycles. The molecule has 23 heavy (non-hydrogen) atoms. The van der Waals surface area contributed by atoms with Crippen LogP contribution < -0.4 is 10.6 Å². The number of nitrogens with one attached hydrogen (secondary N) is 2. The first kappa shape index (κ1) is 17.1. The van der Waals surface area contributed by atoms with Gasteiger partial charge in [0.05, 0.1) is 0 Å². The Hall–Kier alpha value is -2.30. The molecule has 0 unspecified atom stereocenters. The zero-order valence-corrected chi connectivity index (χ0v) is 14.3. The van der Waals surface area contributed by atoms with Crippen molar-refractivity contribution in [1.29, 1.82) is 0 Å². The van der Waals surface area contributed by atoms with Gasteiger partial charge >= 0.3 is 6.03 Å². The van der Waals surface area contributed by atoms with Gasteiger partial charge in [0, 0.05) is 17.2 Å². The number of anilines is 2. The van der Waals surface area contributed by atoms with E-state index in [1.807, 2.05) is 45.0 Å². The summed E-state index contributed by atoms with van der Waals surface area (Å²) < 4.78 is 5.24. The molecule has 0 bridgehead atoms. The Morgan fingerprint density at radius 1 is 1.17 bits per heavy atom. The van der Waals surface area contributed by atoms with Gasteiger partial charge in [-0.25, -0.2) is 4.79 Å². The summed E-state index contributed by atoms with van der Waals surface area (Å²) in [6.45, 7) is 8.25. The van der Waals surface area contributed by atoms with Crippen LogP contribution in [0.2, 0.25) is 0 Å². The molecule has 1 heterocycles. The van der Waals surface area contributed by atoms with Crippen LogP contribution in [0.1, 0.15) is 51.9 Å². The smallest absolute Gasteiger partial charge is 0.324 e. The molecule has 0 aliphatic rings. The molecule has 2 amide bonds. The Bertz CT molecular complexity index is 639. The maximum absolute atomic E-state index is 12.0. The third-order valence-corrected chi connectivity index (χ3v) is 3.52. The molecule has 124 valence electrons. The average molecular weight is 315 g/mol. The van der Waals surface area contributed by atoms with Crippen LogP contribution in [0.5, 0.6) is 0 Å². The van der Waals surface area contributed by atoms with Gasteiger partial charge in [-0.1, -0.05) is 51.4 Å².